The fraction of sp³-hybridized carbons (Fsp3) is 0.600. The number of nitrogens with zero attached hydrogens (tertiary/aromatic N) is 1. The molecule has 0 radical (unpaired) electrons. The first-order valence-corrected chi connectivity index (χ1v) is 9.90. The lowest BCUT2D eigenvalue weighted by Gasteiger charge is -2.29. The van der Waals surface area contributed by atoms with Crippen LogP contribution < -0.4 is 21.3 Å². The number of benzene rings is 1. The molecular weight excluding hydrogens is 378 g/mol. The van der Waals surface area contributed by atoms with Crippen molar-refractivity contribution in [1.82, 2.24) is 15.5 Å². The molecule has 1 aromatic rings. The third-order valence-electron chi connectivity index (χ3n) is 5.46. The van der Waals surface area contributed by atoms with Gasteiger partial charge in [-0.2, -0.15) is 0 Å². The first-order valence-electron chi connectivity index (χ1n) is 9.90. The largest absolute Gasteiger partial charge is 0.335 e. The molecule has 156 valence electrons. The summed E-state index contributed by atoms with van der Waals surface area (Å²) in [5, 5.41) is 12.2. The van der Waals surface area contributed by atoms with E-state index in [1.807, 2.05) is 24.3 Å². The molecular formula is C20H32ClN5O2. The number of likely N-dealkylation sites (tertiary alicyclic amines) is 1. The summed E-state index contributed by atoms with van der Waals surface area (Å²) in [6.45, 7) is 5.01. The fourth-order valence-corrected chi connectivity index (χ4v) is 3.76. The molecule has 0 spiro atoms. The lowest BCUT2D eigenvalue weighted by atomic mass is 9.92. The Kier molecular flexibility index (Phi) is 8.54. The van der Waals surface area contributed by atoms with E-state index in [9.17, 15) is 9.59 Å². The molecule has 2 aliphatic rings. The van der Waals surface area contributed by atoms with Gasteiger partial charge in [-0.15, -0.1) is 12.4 Å². The predicted octanol–water partition coefficient (Wildman–Crippen LogP) is 2.65. The Morgan fingerprint density at radius 1 is 1.04 bits per heavy atom. The standard InChI is InChI=1S/C20H31N5O2.ClH/c1-14-13-15(7-10-21-14)19(26)22-16-3-5-17(6-4-16)23-20(27)24-18-8-11-25(2)12-9-18;/h3-6,14-15,18,21H,7-13H2,1-2H3,(H,22,26)(H2,23,24,27);1H/t14-,15-;/m0./s1. The summed E-state index contributed by atoms with van der Waals surface area (Å²) < 4.78 is 0. The smallest absolute Gasteiger partial charge is 0.319 e. The number of nitrogens with one attached hydrogen (secondary N) is 4. The normalized spacial score (nSPS) is 23.4. The number of hydrogen-bond acceptors (Lipinski definition) is 4. The summed E-state index contributed by atoms with van der Waals surface area (Å²) >= 11 is 0. The van der Waals surface area contributed by atoms with Crippen LogP contribution in [0.15, 0.2) is 24.3 Å². The summed E-state index contributed by atoms with van der Waals surface area (Å²) in [5.41, 5.74) is 1.47. The third kappa shape index (κ3) is 6.65. The zero-order valence-electron chi connectivity index (χ0n) is 16.7. The maximum Gasteiger partial charge on any atom is 0.319 e. The quantitative estimate of drug-likeness (QED) is 0.615. The molecule has 0 bridgehead atoms. The van der Waals surface area contributed by atoms with Crippen molar-refractivity contribution in [2.45, 2.75) is 44.7 Å². The molecule has 0 unspecified atom stereocenters. The van der Waals surface area contributed by atoms with Crippen molar-refractivity contribution in [3.8, 4) is 0 Å². The summed E-state index contributed by atoms with van der Waals surface area (Å²) in [5.74, 6) is 0.128. The first kappa shape index (κ1) is 22.5. The summed E-state index contributed by atoms with van der Waals surface area (Å²) in [7, 11) is 2.10. The summed E-state index contributed by atoms with van der Waals surface area (Å²) in [6.07, 6.45) is 3.68. The van der Waals surface area contributed by atoms with E-state index in [0.717, 1.165) is 51.0 Å². The lowest BCUT2D eigenvalue weighted by Crippen LogP contribution is -2.44. The molecule has 2 heterocycles. The maximum atomic E-state index is 12.4. The number of amides is 3. The van der Waals surface area contributed by atoms with Crippen molar-refractivity contribution in [3.63, 3.8) is 0 Å². The number of halogens is 1. The Morgan fingerprint density at radius 3 is 2.25 bits per heavy atom. The fourth-order valence-electron chi connectivity index (χ4n) is 3.76. The minimum Gasteiger partial charge on any atom is -0.335 e. The molecule has 2 atom stereocenters. The van der Waals surface area contributed by atoms with Gasteiger partial charge in [0.25, 0.3) is 0 Å². The first-order chi connectivity index (χ1) is 13.0. The van der Waals surface area contributed by atoms with Crippen LogP contribution in [0.5, 0.6) is 0 Å². The molecule has 3 amide bonds. The molecule has 2 fully saturated rings. The van der Waals surface area contributed by atoms with Crippen molar-refractivity contribution in [3.05, 3.63) is 24.3 Å². The van der Waals surface area contributed by atoms with Crippen molar-refractivity contribution in [2.24, 2.45) is 5.92 Å². The number of rotatable bonds is 4. The Bertz CT molecular complexity index is 647. The molecule has 28 heavy (non-hydrogen) atoms. The molecule has 0 aliphatic carbocycles. The molecule has 4 N–H and O–H groups in total. The van der Waals surface area contributed by atoms with Crippen LogP contribution >= 0.6 is 12.4 Å². The second-order valence-electron chi connectivity index (χ2n) is 7.82. The van der Waals surface area contributed by atoms with Crippen LogP contribution in [-0.4, -0.2) is 55.6 Å². The van der Waals surface area contributed by atoms with Crippen LogP contribution in [0.4, 0.5) is 16.2 Å². The van der Waals surface area contributed by atoms with E-state index in [1.54, 1.807) is 0 Å². The van der Waals surface area contributed by atoms with Gasteiger partial charge in [-0.05, 0) is 83.6 Å². The second-order valence-corrected chi connectivity index (χ2v) is 7.82. The maximum absolute atomic E-state index is 12.4. The SMILES string of the molecule is C[C@H]1C[C@@H](C(=O)Nc2ccc(NC(=O)NC3CCN(C)CC3)cc2)CCN1.Cl. The van der Waals surface area contributed by atoms with E-state index in [-0.39, 0.29) is 36.3 Å². The Labute approximate surface area is 173 Å². The molecule has 3 rings (SSSR count). The van der Waals surface area contributed by atoms with E-state index in [2.05, 4.69) is 40.1 Å². The van der Waals surface area contributed by atoms with Gasteiger partial charge < -0.3 is 26.2 Å². The van der Waals surface area contributed by atoms with E-state index in [1.165, 1.54) is 0 Å². The molecule has 8 heteroatoms. The van der Waals surface area contributed by atoms with Crippen molar-refractivity contribution in [1.29, 1.82) is 0 Å². The number of piperidine rings is 2. The zero-order valence-corrected chi connectivity index (χ0v) is 17.5. The van der Waals surface area contributed by atoms with Gasteiger partial charge >= 0.3 is 6.03 Å². The highest BCUT2D eigenvalue weighted by molar-refractivity contribution is 5.93. The molecule has 2 saturated heterocycles. The van der Waals surface area contributed by atoms with Crippen molar-refractivity contribution < 1.29 is 9.59 Å². The Morgan fingerprint density at radius 2 is 1.64 bits per heavy atom. The Hall–Kier alpha value is -1.83. The van der Waals surface area contributed by atoms with Gasteiger partial charge in [0.1, 0.15) is 0 Å². The van der Waals surface area contributed by atoms with E-state index < -0.39 is 0 Å². The van der Waals surface area contributed by atoms with Gasteiger partial charge in [-0.25, -0.2) is 4.79 Å². The minimum absolute atomic E-state index is 0. The predicted molar refractivity (Wildman–Crippen MR) is 115 cm³/mol. The van der Waals surface area contributed by atoms with Crippen LogP contribution in [0.25, 0.3) is 0 Å². The monoisotopic (exact) mass is 409 g/mol. The average molecular weight is 410 g/mol. The van der Waals surface area contributed by atoms with E-state index in [0.29, 0.717) is 11.7 Å². The zero-order chi connectivity index (χ0) is 19.2. The van der Waals surface area contributed by atoms with Crippen LogP contribution in [0, 0.1) is 5.92 Å². The van der Waals surface area contributed by atoms with Crippen LogP contribution in [-0.2, 0) is 4.79 Å². The summed E-state index contributed by atoms with van der Waals surface area (Å²) in [4.78, 5) is 26.8. The highest BCUT2D eigenvalue weighted by Gasteiger charge is 2.24. The van der Waals surface area contributed by atoms with Gasteiger partial charge in [-0.1, -0.05) is 0 Å². The Balaban J connectivity index is 0.00000280. The van der Waals surface area contributed by atoms with Gasteiger partial charge in [-0.3, -0.25) is 4.79 Å². The second kappa shape index (κ2) is 10.6. The topological polar surface area (TPSA) is 85.5 Å². The average Bonchev–Trinajstić information content (AvgIpc) is 2.65. The van der Waals surface area contributed by atoms with Crippen LogP contribution in [0.1, 0.15) is 32.6 Å². The van der Waals surface area contributed by atoms with Gasteiger partial charge in [0.15, 0.2) is 0 Å². The molecule has 0 saturated carbocycles. The number of carbonyl (C=O) groups is 2. The number of hydrogen-bond donors (Lipinski definition) is 4. The van der Waals surface area contributed by atoms with E-state index >= 15 is 0 Å². The van der Waals surface area contributed by atoms with Gasteiger partial charge in [0.05, 0.1) is 0 Å². The van der Waals surface area contributed by atoms with Gasteiger partial charge in [0, 0.05) is 29.4 Å². The number of anilines is 2. The lowest BCUT2D eigenvalue weighted by molar-refractivity contribution is -0.120. The highest BCUT2D eigenvalue weighted by Crippen LogP contribution is 2.20. The minimum atomic E-state index is -0.176. The molecule has 7 nitrogen and oxygen atoms in total. The van der Waals surface area contributed by atoms with Crippen molar-refractivity contribution in [2.75, 3.05) is 37.3 Å². The van der Waals surface area contributed by atoms with E-state index in [4.69, 9.17) is 0 Å². The highest BCUT2D eigenvalue weighted by atomic mass is 35.5. The van der Waals surface area contributed by atoms with Crippen molar-refractivity contribution >= 4 is 35.7 Å². The molecule has 2 aliphatic heterocycles. The van der Waals surface area contributed by atoms with Crippen LogP contribution in [0.2, 0.25) is 0 Å². The van der Waals surface area contributed by atoms with Gasteiger partial charge in [0.2, 0.25) is 5.91 Å². The third-order valence-corrected chi connectivity index (χ3v) is 5.46. The molecule has 0 aromatic heterocycles. The van der Waals surface area contributed by atoms with Crippen LogP contribution in [0.3, 0.4) is 0 Å². The molecule has 1 aromatic carbocycles. The number of carbonyl (C=O) groups excluding carboxylic acids is 2. The summed E-state index contributed by atoms with van der Waals surface area (Å²) in [6, 6.07) is 7.71. The number of urea groups is 1.